The first-order valence-electron chi connectivity index (χ1n) is 7.82. The van der Waals surface area contributed by atoms with E-state index in [4.69, 9.17) is 5.73 Å². The zero-order chi connectivity index (χ0) is 13.2. The SMILES string of the molecule is Cc1ccc2c(c1)CCCN2CC1CCCC(N)C1. The van der Waals surface area contributed by atoms with Crippen LogP contribution in [0.15, 0.2) is 18.2 Å². The first-order valence-corrected chi connectivity index (χ1v) is 7.82. The third-order valence-corrected chi connectivity index (χ3v) is 4.75. The molecule has 2 unspecified atom stereocenters. The van der Waals surface area contributed by atoms with Crippen LogP contribution in [0.4, 0.5) is 5.69 Å². The molecule has 1 aliphatic carbocycles. The Labute approximate surface area is 117 Å². The van der Waals surface area contributed by atoms with Gasteiger partial charge in [-0.05, 0) is 56.6 Å². The average Bonchev–Trinajstić information content (AvgIpc) is 2.38. The van der Waals surface area contributed by atoms with E-state index in [0.717, 1.165) is 5.92 Å². The largest absolute Gasteiger partial charge is 0.371 e. The summed E-state index contributed by atoms with van der Waals surface area (Å²) in [6, 6.07) is 7.39. The molecule has 0 saturated heterocycles. The van der Waals surface area contributed by atoms with Gasteiger partial charge in [0.25, 0.3) is 0 Å². The maximum atomic E-state index is 6.13. The van der Waals surface area contributed by atoms with Gasteiger partial charge >= 0.3 is 0 Å². The van der Waals surface area contributed by atoms with E-state index in [1.165, 1.54) is 62.9 Å². The van der Waals surface area contributed by atoms with Crippen molar-refractivity contribution in [3.8, 4) is 0 Å². The molecule has 0 radical (unpaired) electrons. The van der Waals surface area contributed by atoms with Crippen molar-refractivity contribution in [3.05, 3.63) is 29.3 Å². The molecular formula is C17H26N2. The Morgan fingerprint density at radius 1 is 1.26 bits per heavy atom. The maximum absolute atomic E-state index is 6.13. The molecule has 0 aromatic heterocycles. The van der Waals surface area contributed by atoms with Gasteiger partial charge in [-0.25, -0.2) is 0 Å². The van der Waals surface area contributed by atoms with Gasteiger partial charge in [0, 0.05) is 24.8 Å². The lowest BCUT2D eigenvalue weighted by molar-refractivity contribution is 0.322. The molecule has 2 nitrogen and oxygen atoms in total. The molecule has 0 bridgehead atoms. The molecule has 1 saturated carbocycles. The van der Waals surface area contributed by atoms with Crippen LogP contribution in [0.2, 0.25) is 0 Å². The molecule has 104 valence electrons. The highest BCUT2D eigenvalue weighted by molar-refractivity contribution is 5.56. The second-order valence-corrected chi connectivity index (χ2v) is 6.47. The summed E-state index contributed by atoms with van der Waals surface area (Å²) < 4.78 is 0. The lowest BCUT2D eigenvalue weighted by Crippen LogP contribution is -2.38. The van der Waals surface area contributed by atoms with Crippen LogP contribution in [0.5, 0.6) is 0 Å². The summed E-state index contributed by atoms with van der Waals surface area (Å²) in [6.07, 6.45) is 7.68. The molecular weight excluding hydrogens is 232 g/mol. The van der Waals surface area contributed by atoms with Gasteiger partial charge in [-0.2, -0.15) is 0 Å². The van der Waals surface area contributed by atoms with E-state index in [2.05, 4.69) is 30.0 Å². The predicted molar refractivity (Wildman–Crippen MR) is 81.6 cm³/mol. The van der Waals surface area contributed by atoms with E-state index in [1.807, 2.05) is 0 Å². The Kier molecular flexibility index (Phi) is 3.79. The van der Waals surface area contributed by atoms with E-state index in [-0.39, 0.29) is 0 Å². The second kappa shape index (κ2) is 5.54. The molecule has 0 spiro atoms. The number of nitrogens with two attached hydrogens (primary N) is 1. The number of fused-ring (bicyclic) bond motifs is 1. The van der Waals surface area contributed by atoms with Crippen molar-refractivity contribution in [2.24, 2.45) is 11.7 Å². The molecule has 1 heterocycles. The Balaban J connectivity index is 1.72. The Morgan fingerprint density at radius 2 is 2.16 bits per heavy atom. The summed E-state index contributed by atoms with van der Waals surface area (Å²) >= 11 is 0. The fourth-order valence-corrected chi connectivity index (χ4v) is 3.80. The summed E-state index contributed by atoms with van der Waals surface area (Å²) in [5.41, 5.74) is 10.5. The molecule has 1 aliphatic heterocycles. The highest BCUT2D eigenvalue weighted by Crippen LogP contribution is 2.31. The lowest BCUT2D eigenvalue weighted by atomic mass is 9.85. The predicted octanol–water partition coefficient (Wildman–Crippen LogP) is 3.27. The summed E-state index contributed by atoms with van der Waals surface area (Å²) in [6.45, 7) is 4.63. The van der Waals surface area contributed by atoms with Crippen molar-refractivity contribution < 1.29 is 0 Å². The summed E-state index contributed by atoms with van der Waals surface area (Å²) in [5.74, 6) is 0.802. The standard InChI is InChI=1S/C17H26N2/c1-13-7-8-17-15(10-13)5-3-9-19(17)12-14-4-2-6-16(18)11-14/h7-8,10,14,16H,2-6,9,11-12,18H2,1H3. The van der Waals surface area contributed by atoms with Crippen molar-refractivity contribution in [2.45, 2.75) is 51.5 Å². The smallest absolute Gasteiger partial charge is 0.0399 e. The van der Waals surface area contributed by atoms with Crippen molar-refractivity contribution in [1.82, 2.24) is 0 Å². The number of rotatable bonds is 2. The van der Waals surface area contributed by atoms with Gasteiger partial charge in [-0.3, -0.25) is 0 Å². The van der Waals surface area contributed by atoms with Crippen LogP contribution in [0.25, 0.3) is 0 Å². The van der Waals surface area contributed by atoms with Crippen molar-refractivity contribution in [1.29, 1.82) is 0 Å². The highest BCUT2D eigenvalue weighted by atomic mass is 15.1. The highest BCUT2D eigenvalue weighted by Gasteiger charge is 2.24. The minimum atomic E-state index is 0.445. The summed E-state index contributed by atoms with van der Waals surface area (Å²) in [5, 5.41) is 0. The van der Waals surface area contributed by atoms with E-state index in [1.54, 1.807) is 5.56 Å². The third kappa shape index (κ3) is 2.94. The second-order valence-electron chi connectivity index (χ2n) is 6.47. The van der Waals surface area contributed by atoms with Gasteiger partial charge in [0.05, 0.1) is 0 Å². The van der Waals surface area contributed by atoms with Gasteiger partial charge in [-0.15, -0.1) is 0 Å². The van der Waals surface area contributed by atoms with Crippen LogP contribution in [-0.4, -0.2) is 19.1 Å². The van der Waals surface area contributed by atoms with Crippen molar-refractivity contribution in [3.63, 3.8) is 0 Å². The van der Waals surface area contributed by atoms with Gasteiger partial charge in [0.2, 0.25) is 0 Å². The van der Waals surface area contributed by atoms with E-state index in [0.29, 0.717) is 6.04 Å². The Morgan fingerprint density at radius 3 is 3.00 bits per heavy atom. The number of nitrogens with zero attached hydrogens (tertiary/aromatic N) is 1. The topological polar surface area (TPSA) is 29.3 Å². The van der Waals surface area contributed by atoms with Crippen LogP contribution in [0.3, 0.4) is 0 Å². The Hall–Kier alpha value is -1.02. The van der Waals surface area contributed by atoms with Crippen LogP contribution in [-0.2, 0) is 6.42 Å². The maximum Gasteiger partial charge on any atom is 0.0399 e. The third-order valence-electron chi connectivity index (χ3n) is 4.75. The molecule has 1 fully saturated rings. The number of hydrogen-bond donors (Lipinski definition) is 1. The van der Waals surface area contributed by atoms with E-state index < -0.39 is 0 Å². The molecule has 2 aliphatic rings. The van der Waals surface area contributed by atoms with E-state index >= 15 is 0 Å². The van der Waals surface area contributed by atoms with Gasteiger partial charge in [0.1, 0.15) is 0 Å². The molecule has 1 aromatic carbocycles. The van der Waals surface area contributed by atoms with Crippen LogP contribution in [0.1, 0.15) is 43.2 Å². The van der Waals surface area contributed by atoms with Crippen LogP contribution < -0.4 is 10.6 Å². The molecule has 2 heteroatoms. The number of benzene rings is 1. The van der Waals surface area contributed by atoms with Gasteiger partial charge in [0.15, 0.2) is 0 Å². The van der Waals surface area contributed by atoms with Crippen molar-refractivity contribution >= 4 is 5.69 Å². The molecule has 1 aromatic rings. The zero-order valence-electron chi connectivity index (χ0n) is 12.1. The van der Waals surface area contributed by atoms with Crippen LogP contribution in [0, 0.1) is 12.8 Å². The lowest BCUT2D eigenvalue weighted by Gasteiger charge is -2.36. The first kappa shape index (κ1) is 13.0. The first-order chi connectivity index (χ1) is 9.22. The molecule has 2 N–H and O–H groups in total. The van der Waals surface area contributed by atoms with Crippen LogP contribution >= 0.6 is 0 Å². The zero-order valence-corrected chi connectivity index (χ0v) is 12.1. The van der Waals surface area contributed by atoms with Gasteiger partial charge in [-0.1, -0.05) is 24.1 Å². The van der Waals surface area contributed by atoms with Crippen molar-refractivity contribution in [2.75, 3.05) is 18.0 Å². The molecule has 2 atom stereocenters. The minimum absolute atomic E-state index is 0.445. The quantitative estimate of drug-likeness (QED) is 0.882. The number of anilines is 1. The normalized spacial score (nSPS) is 27.2. The van der Waals surface area contributed by atoms with Gasteiger partial charge < -0.3 is 10.6 Å². The summed E-state index contributed by atoms with van der Waals surface area (Å²) in [7, 11) is 0. The fraction of sp³-hybridized carbons (Fsp3) is 0.647. The molecule has 19 heavy (non-hydrogen) atoms. The Bertz CT molecular complexity index is 441. The monoisotopic (exact) mass is 258 g/mol. The summed E-state index contributed by atoms with van der Waals surface area (Å²) in [4.78, 5) is 2.61. The fourth-order valence-electron chi connectivity index (χ4n) is 3.80. The molecule has 3 rings (SSSR count). The minimum Gasteiger partial charge on any atom is -0.371 e. The average molecular weight is 258 g/mol. The van der Waals surface area contributed by atoms with E-state index in [9.17, 15) is 0 Å². The number of hydrogen-bond acceptors (Lipinski definition) is 2. The number of aryl methyl sites for hydroxylation is 2. The molecule has 0 amide bonds.